The smallest absolute Gasteiger partial charge is 0.124 e. The summed E-state index contributed by atoms with van der Waals surface area (Å²) in [5.74, 6) is -0.246. The number of anilines is 1. The summed E-state index contributed by atoms with van der Waals surface area (Å²) in [6.45, 7) is 0. The number of nitrogens with zero attached hydrogens (tertiary/aromatic N) is 1. The van der Waals surface area contributed by atoms with Crippen LogP contribution in [0.5, 0.6) is 0 Å². The summed E-state index contributed by atoms with van der Waals surface area (Å²) in [5, 5.41) is 0. The van der Waals surface area contributed by atoms with Crippen molar-refractivity contribution in [1.82, 2.24) is 0 Å². The number of halogens is 2. The van der Waals surface area contributed by atoms with Gasteiger partial charge < -0.3 is 10.6 Å². The standard InChI is InChI=1S/C16H18BrFN2/c1-20(2)14-5-3-4-12(8-14)16(19)9-11-6-7-13(18)10-15(11)17/h3-8,10,16H,9,19H2,1-2H3. The second-order valence-corrected chi connectivity index (χ2v) is 5.89. The van der Waals surface area contributed by atoms with Crippen molar-refractivity contribution in [3.63, 3.8) is 0 Å². The SMILES string of the molecule is CN(C)c1cccc(C(N)Cc2ccc(F)cc2Br)c1. The zero-order chi connectivity index (χ0) is 14.7. The Morgan fingerprint density at radius 1 is 1.20 bits per heavy atom. The second kappa shape index (κ2) is 6.37. The Morgan fingerprint density at radius 3 is 2.60 bits per heavy atom. The van der Waals surface area contributed by atoms with Crippen LogP contribution in [0.1, 0.15) is 17.2 Å². The van der Waals surface area contributed by atoms with E-state index in [0.29, 0.717) is 6.42 Å². The molecule has 0 amide bonds. The minimum atomic E-state index is -0.246. The van der Waals surface area contributed by atoms with E-state index in [4.69, 9.17) is 5.73 Å². The second-order valence-electron chi connectivity index (χ2n) is 5.04. The van der Waals surface area contributed by atoms with E-state index in [1.54, 1.807) is 6.07 Å². The molecule has 1 atom stereocenters. The van der Waals surface area contributed by atoms with Crippen LogP contribution >= 0.6 is 15.9 Å². The molecule has 2 aromatic rings. The molecule has 2 rings (SSSR count). The summed E-state index contributed by atoms with van der Waals surface area (Å²) in [7, 11) is 4.00. The summed E-state index contributed by atoms with van der Waals surface area (Å²) >= 11 is 3.38. The minimum absolute atomic E-state index is 0.114. The number of rotatable bonds is 4. The molecule has 0 aromatic heterocycles. The molecular formula is C16H18BrFN2. The zero-order valence-corrected chi connectivity index (χ0v) is 13.2. The number of hydrogen-bond donors (Lipinski definition) is 1. The lowest BCUT2D eigenvalue weighted by molar-refractivity contribution is 0.624. The van der Waals surface area contributed by atoms with Crippen molar-refractivity contribution in [2.75, 3.05) is 19.0 Å². The Bertz CT molecular complexity index is 599. The van der Waals surface area contributed by atoms with Gasteiger partial charge in [-0.25, -0.2) is 4.39 Å². The van der Waals surface area contributed by atoms with Crippen LogP contribution in [0.15, 0.2) is 46.9 Å². The van der Waals surface area contributed by atoms with Crippen LogP contribution < -0.4 is 10.6 Å². The highest BCUT2D eigenvalue weighted by molar-refractivity contribution is 9.10. The topological polar surface area (TPSA) is 29.3 Å². The summed E-state index contributed by atoms with van der Waals surface area (Å²) in [6, 6.07) is 12.7. The first kappa shape index (κ1) is 15.0. The highest BCUT2D eigenvalue weighted by Gasteiger charge is 2.11. The van der Waals surface area contributed by atoms with Gasteiger partial charge in [-0.3, -0.25) is 0 Å². The predicted molar refractivity (Wildman–Crippen MR) is 85.5 cm³/mol. The first-order valence-electron chi connectivity index (χ1n) is 6.44. The van der Waals surface area contributed by atoms with Crippen molar-refractivity contribution in [2.45, 2.75) is 12.5 Å². The van der Waals surface area contributed by atoms with E-state index in [-0.39, 0.29) is 11.9 Å². The maximum absolute atomic E-state index is 13.1. The molecule has 0 radical (unpaired) electrons. The van der Waals surface area contributed by atoms with E-state index in [9.17, 15) is 4.39 Å². The fraction of sp³-hybridized carbons (Fsp3) is 0.250. The predicted octanol–water partition coefficient (Wildman–Crippen LogP) is 3.90. The summed E-state index contributed by atoms with van der Waals surface area (Å²) in [6.07, 6.45) is 0.664. The Morgan fingerprint density at radius 2 is 1.95 bits per heavy atom. The molecule has 0 spiro atoms. The number of benzene rings is 2. The van der Waals surface area contributed by atoms with Gasteiger partial charge in [0.25, 0.3) is 0 Å². The van der Waals surface area contributed by atoms with Gasteiger partial charge in [-0.1, -0.05) is 34.1 Å². The summed E-state index contributed by atoms with van der Waals surface area (Å²) < 4.78 is 13.8. The van der Waals surface area contributed by atoms with E-state index in [1.807, 2.05) is 37.2 Å². The molecule has 106 valence electrons. The van der Waals surface area contributed by atoms with Gasteiger partial charge in [0.2, 0.25) is 0 Å². The van der Waals surface area contributed by atoms with Crippen molar-refractivity contribution < 1.29 is 4.39 Å². The van der Waals surface area contributed by atoms with Crippen LogP contribution in [-0.4, -0.2) is 14.1 Å². The first-order chi connectivity index (χ1) is 9.47. The third-order valence-electron chi connectivity index (χ3n) is 3.27. The first-order valence-corrected chi connectivity index (χ1v) is 7.23. The zero-order valence-electron chi connectivity index (χ0n) is 11.6. The van der Waals surface area contributed by atoms with Crippen molar-refractivity contribution in [3.05, 3.63) is 63.9 Å². The van der Waals surface area contributed by atoms with Gasteiger partial charge in [0.1, 0.15) is 5.82 Å². The largest absolute Gasteiger partial charge is 0.378 e. The average molecular weight is 337 g/mol. The van der Waals surface area contributed by atoms with Gasteiger partial charge >= 0.3 is 0 Å². The third kappa shape index (κ3) is 3.58. The lowest BCUT2D eigenvalue weighted by atomic mass is 9.99. The molecular weight excluding hydrogens is 319 g/mol. The van der Waals surface area contributed by atoms with Gasteiger partial charge in [-0.15, -0.1) is 0 Å². The van der Waals surface area contributed by atoms with Gasteiger partial charge in [0.15, 0.2) is 0 Å². The van der Waals surface area contributed by atoms with Crippen LogP contribution in [0.25, 0.3) is 0 Å². The highest BCUT2D eigenvalue weighted by Crippen LogP contribution is 2.25. The van der Waals surface area contributed by atoms with E-state index in [0.717, 1.165) is 21.3 Å². The van der Waals surface area contributed by atoms with Crippen molar-refractivity contribution in [3.8, 4) is 0 Å². The average Bonchev–Trinajstić information content (AvgIpc) is 2.42. The molecule has 2 N–H and O–H groups in total. The van der Waals surface area contributed by atoms with E-state index in [1.165, 1.54) is 12.1 Å². The molecule has 0 fully saturated rings. The Balaban J connectivity index is 2.19. The van der Waals surface area contributed by atoms with Gasteiger partial charge in [-0.05, 0) is 41.8 Å². The molecule has 0 saturated heterocycles. The molecule has 4 heteroatoms. The Labute approximate surface area is 127 Å². The highest BCUT2D eigenvalue weighted by atomic mass is 79.9. The van der Waals surface area contributed by atoms with Crippen molar-refractivity contribution >= 4 is 21.6 Å². The van der Waals surface area contributed by atoms with Crippen molar-refractivity contribution in [2.24, 2.45) is 5.73 Å². The molecule has 1 unspecified atom stereocenters. The fourth-order valence-corrected chi connectivity index (χ4v) is 2.59. The molecule has 0 saturated carbocycles. The molecule has 2 aromatic carbocycles. The maximum Gasteiger partial charge on any atom is 0.124 e. The fourth-order valence-electron chi connectivity index (χ4n) is 2.08. The molecule has 0 bridgehead atoms. The molecule has 0 aliphatic heterocycles. The lowest BCUT2D eigenvalue weighted by Crippen LogP contribution is -2.15. The molecule has 0 aliphatic carbocycles. The molecule has 0 aliphatic rings. The van der Waals surface area contributed by atoms with E-state index >= 15 is 0 Å². The van der Waals surface area contributed by atoms with Crippen LogP contribution in [0.4, 0.5) is 10.1 Å². The lowest BCUT2D eigenvalue weighted by Gasteiger charge is -2.17. The van der Waals surface area contributed by atoms with E-state index in [2.05, 4.69) is 22.0 Å². The quantitative estimate of drug-likeness (QED) is 0.917. The summed E-state index contributed by atoms with van der Waals surface area (Å²) in [5.41, 5.74) is 9.48. The van der Waals surface area contributed by atoms with E-state index < -0.39 is 0 Å². The third-order valence-corrected chi connectivity index (χ3v) is 4.01. The Hall–Kier alpha value is -1.39. The molecule has 20 heavy (non-hydrogen) atoms. The minimum Gasteiger partial charge on any atom is -0.378 e. The van der Waals surface area contributed by atoms with Crippen LogP contribution in [-0.2, 0) is 6.42 Å². The van der Waals surface area contributed by atoms with Crippen LogP contribution in [0, 0.1) is 5.82 Å². The Kier molecular flexibility index (Phi) is 4.78. The number of hydrogen-bond acceptors (Lipinski definition) is 2. The van der Waals surface area contributed by atoms with Crippen LogP contribution in [0.2, 0.25) is 0 Å². The molecule has 2 nitrogen and oxygen atoms in total. The maximum atomic E-state index is 13.1. The number of nitrogens with two attached hydrogens (primary N) is 1. The van der Waals surface area contributed by atoms with Gasteiger partial charge in [-0.2, -0.15) is 0 Å². The molecule has 0 heterocycles. The van der Waals surface area contributed by atoms with Crippen molar-refractivity contribution in [1.29, 1.82) is 0 Å². The summed E-state index contributed by atoms with van der Waals surface area (Å²) in [4.78, 5) is 2.05. The van der Waals surface area contributed by atoms with Crippen LogP contribution in [0.3, 0.4) is 0 Å². The normalized spacial score (nSPS) is 12.2. The van der Waals surface area contributed by atoms with Gasteiger partial charge in [0.05, 0.1) is 0 Å². The van der Waals surface area contributed by atoms with Gasteiger partial charge in [0, 0.05) is 30.3 Å². The monoisotopic (exact) mass is 336 g/mol.